The number of hydrogen-bond acceptors (Lipinski definition) is 3. The van der Waals surface area contributed by atoms with Gasteiger partial charge in [0, 0.05) is 18.6 Å². The van der Waals surface area contributed by atoms with Crippen molar-refractivity contribution in [3.05, 3.63) is 29.8 Å². The van der Waals surface area contributed by atoms with Gasteiger partial charge in [0.2, 0.25) is 10.0 Å². The van der Waals surface area contributed by atoms with Gasteiger partial charge in [-0.2, -0.15) is 4.31 Å². The molecule has 0 atom stereocenters. The Labute approximate surface area is 111 Å². The SMILES string of the molecule is CCCC1(N)CN(S(=O)(=O)c2ccc(F)c(F)c2)C1. The van der Waals surface area contributed by atoms with Gasteiger partial charge >= 0.3 is 0 Å². The van der Waals surface area contributed by atoms with Crippen molar-refractivity contribution in [3.8, 4) is 0 Å². The molecule has 1 aliphatic rings. The number of sulfonamides is 1. The molecule has 0 radical (unpaired) electrons. The van der Waals surface area contributed by atoms with E-state index in [1.54, 1.807) is 0 Å². The lowest BCUT2D eigenvalue weighted by molar-refractivity contribution is 0.147. The third kappa shape index (κ3) is 2.63. The zero-order valence-electron chi connectivity index (χ0n) is 10.6. The minimum Gasteiger partial charge on any atom is -0.323 e. The normalized spacial score (nSPS) is 19.2. The molecule has 2 rings (SSSR count). The number of benzene rings is 1. The summed E-state index contributed by atoms with van der Waals surface area (Å²) < 4.78 is 51.4. The van der Waals surface area contributed by atoms with E-state index in [4.69, 9.17) is 5.73 Å². The van der Waals surface area contributed by atoms with Crippen LogP contribution in [-0.2, 0) is 10.0 Å². The van der Waals surface area contributed by atoms with Gasteiger partial charge in [0.25, 0.3) is 0 Å². The lowest BCUT2D eigenvalue weighted by atomic mass is 9.89. The highest BCUT2D eigenvalue weighted by Crippen LogP contribution is 2.29. The van der Waals surface area contributed by atoms with Gasteiger partial charge in [-0.05, 0) is 24.6 Å². The van der Waals surface area contributed by atoms with E-state index < -0.39 is 27.2 Å². The van der Waals surface area contributed by atoms with Crippen molar-refractivity contribution in [1.82, 2.24) is 4.31 Å². The summed E-state index contributed by atoms with van der Waals surface area (Å²) in [7, 11) is -3.78. The first-order chi connectivity index (χ1) is 8.78. The molecule has 1 heterocycles. The van der Waals surface area contributed by atoms with E-state index in [1.807, 2.05) is 6.92 Å². The summed E-state index contributed by atoms with van der Waals surface area (Å²) in [5.74, 6) is -2.24. The van der Waals surface area contributed by atoms with E-state index in [1.165, 1.54) is 4.31 Å². The topological polar surface area (TPSA) is 63.4 Å². The standard InChI is InChI=1S/C12H16F2N2O2S/c1-2-5-12(15)7-16(8-12)19(17,18)9-3-4-10(13)11(14)6-9/h3-4,6H,2,5,7-8,15H2,1H3. The van der Waals surface area contributed by atoms with Crippen LogP contribution in [0.5, 0.6) is 0 Å². The lowest BCUT2D eigenvalue weighted by Gasteiger charge is -2.46. The van der Waals surface area contributed by atoms with E-state index in [0.717, 1.165) is 25.0 Å². The van der Waals surface area contributed by atoms with Crippen LogP contribution in [0.2, 0.25) is 0 Å². The van der Waals surface area contributed by atoms with Crippen LogP contribution >= 0.6 is 0 Å². The van der Waals surface area contributed by atoms with Crippen molar-refractivity contribution in [2.45, 2.75) is 30.2 Å². The fraction of sp³-hybridized carbons (Fsp3) is 0.500. The maximum Gasteiger partial charge on any atom is 0.243 e. The summed E-state index contributed by atoms with van der Waals surface area (Å²) >= 11 is 0. The van der Waals surface area contributed by atoms with Crippen molar-refractivity contribution < 1.29 is 17.2 Å². The summed E-state index contributed by atoms with van der Waals surface area (Å²) in [6, 6.07) is 2.56. The molecule has 7 heteroatoms. The molecule has 0 unspecified atom stereocenters. The van der Waals surface area contributed by atoms with Gasteiger partial charge in [-0.25, -0.2) is 17.2 Å². The first kappa shape index (κ1) is 14.4. The van der Waals surface area contributed by atoms with Gasteiger partial charge in [-0.3, -0.25) is 0 Å². The average molecular weight is 290 g/mol. The van der Waals surface area contributed by atoms with E-state index in [9.17, 15) is 17.2 Å². The smallest absolute Gasteiger partial charge is 0.243 e. The highest BCUT2D eigenvalue weighted by atomic mass is 32.2. The summed E-state index contributed by atoms with van der Waals surface area (Å²) in [5, 5.41) is 0. The number of halogens is 2. The number of hydrogen-bond donors (Lipinski definition) is 1. The van der Waals surface area contributed by atoms with Crippen molar-refractivity contribution in [1.29, 1.82) is 0 Å². The Morgan fingerprint density at radius 1 is 1.32 bits per heavy atom. The predicted octanol–water partition coefficient (Wildman–Crippen LogP) is 1.47. The molecule has 0 saturated carbocycles. The maximum absolute atomic E-state index is 13.1. The molecule has 0 amide bonds. The van der Waals surface area contributed by atoms with Crippen LogP contribution in [0.1, 0.15) is 19.8 Å². The third-order valence-corrected chi connectivity index (χ3v) is 5.05. The number of nitrogens with zero attached hydrogens (tertiary/aromatic N) is 1. The van der Waals surface area contributed by atoms with E-state index >= 15 is 0 Å². The monoisotopic (exact) mass is 290 g/mol. The fourth-order valence-corrected chi connectivity index (χ4v) is 3.91. The second kappa shape index (κ2) is 4.81. The van der Waals surface area contributed by atoms with Crippen molar-refractivity contribution in [2.75, 3.05) is 13.1 Å². The Balaban J connectivity index is 2.19. The van der Waals surface area contributed by atoms with Gasteiger partial charge in [0.1, 0.15) is 0 Å². The lowest BCUT2D eigenvalue weighted by Crippen LogP contribution is -2.68. The molecule has 0 bridgehead atoms. The number of nitrogens with two attached hydrogens (primary N) is 1. The highest BCUT2D eigenvalue weighted by molar-refractivity contribution is 7.89. The first-order valence-electron chi connectivity index (χ1n) is 6.02. The number of rotatable bonds is 4. The van der Waals surface area contributed by atoms with Gasteiger partial charge in [-0.15, -0.1) is 0 Å². The largest absolute Gasteiger partial charge is 0.323 e. The minimum atomic E-state index is -3.78. The molecule has 0 spiro atoms. The summed E-state index contributed by atoms with van der Waals surface area (Å²) in [4.78, 5) is -0.245. The van der Waals surface area contributed by atoms with E-state index in [0.29, 0.717) is 6.07 Å². The zero-order chi connectivity index (χ0) is 14.3. The van der Waals surface area contributed by atoms with Crippen molar-refractivity contribution in [2.24, 2.45) is 5.73 Å². The Morgan fingerprint density at radius 2 is 1.95 bits per heavy atom. The molecule has 1 saturated heterocycles. The molecule has 106 valence electrons. The van der Waals surface area contributed by atoms with Gasteiger partial charge in [-0.1, -0.05) is 13.3 Å². The van der Waals surface area contributed by atoms with Crippen LogP contribution in [0.15, 0.2) is 23.1 Å². The van der Waals surface area contributed by atoms with Gasteiger partial charge in [0.05, 0.1) is 4.90 Å². The molecule has 1 fully saturated rings. The Morgan fingerprint density at radius 3 is 2.47 bits per heavy atom. The fourth-order valence-electron chi connectivity index (χ4n) is 2.27. The van der Waals surface area contributed by atoms with Crippen LogP contribution in [0.3, 0.4) is 0 Å². The van der Waals surface area contributed by atoms with Crippen molar-refractivity contribution >= 4 is 10.0 Å². The van der Waals surface area contributed by atoms with E-state index in [-0.39, 0.29) is 18.0 Å². The van der Waals surface area contributed by atoms with E-state index in [2.05, 4.69) is 0 Å². The van der Waals surface area contributed by atoms with Crippen LogP contribution in [-0.4, -0.2) is 31.4 Å². The molecule has 4 nitrogen and oxygen atoms in total. The predicted molar refractivity (Wildman–Crippen MR) is 66.9 cm³/mol. The summed E-state index contributed by atoms with van der Waals surface area (Å²) in [6.45, 7) is 2.39. The van der Waals surface area contributed by atoms with Gasteiger partial charge in [0.15, 0.2) is 11.6 Å². The third-order valence-electron chi connectivity index (χ3n) is 3.26. The molecule has 0 aliphatic carbocycles. The molecule has 1 aromatic rings. The molecular formula is C12H16F2N2O2S. The average Bonchev–Trinajstić information content (AvgIpc) is 2.29. The molecule has 0 aromatic heterocycles. The quantitative estimate of drug-likeness (QED) is 0.913. The Hall–Kier alpha value is -1.05. The Kier molecular flexibility index (Phi) is 3.63. The van der Waals surface area contributed by atoms with Crippen LogP contribution in [0.25, 0.3) is 0 Å². The second-order valence-electron chi connectivity index (χ2n) is 4.96. The highest BCUT2D eigenvalue weighted by Gasteiger charge is 2.45. The van der Waals surface area contributed by atoms with Crippen molar-refractivity contribution in [3.63, 3.8) is 0 Å². The zero-order valence-corrected chi connectivity index (χ0v) is 11.4. The summed E-state index contributed by atoms with van der Waals surface area (Å²) in [5.41, 5.74) is 5.49. The van der Waals surface area contributed by atoms with Crippen LogP contribution in [0.4, 0.5) is 8.78 Å². The molecular weight excluding hydrogens is 274 g/mol. The second-order valence-corrected chi connectivity index (χ2v) is 6.90. The molecule has 2 N–H and O–H groups in total. The Bertz CT molecular complexity index is 583. The van der Waals surface area contributed by atoms with Crippen LogP contribution in [0, 0.1) is 11.6 Å². The van der Waals surface area contributed by atoms with Gasteiger partial charge < -0.3 is 5.73 Å². The molecule has 19 heavy (non-hydrogen) atoms. The first-order valence-corrected chi connectivity index (χ1v) is 7.46. The minimum absolute atomic E-state index is 0.210. The summed E-state index contributed by atoms with van der Waals surface area (Å²) in [6.07, 6.45) is 1.60. The van der Waals surface area contributed by atoms with Crippen LogP contribution < -0.4 is 5.73 Å². The molecule has 1 aromatic carbocycles. The molecule has 1 aliphatic heterocycles. The maximum atomic E-state index is 13.1.